The highest BCUT2D eigenvalue weighted by molar-refractivity contribution is 7.93. The van der Waals surface area contributed by atoms with E-state index in [1.807, 2.05) is 0 Å². The molecule has 0 aliphatic carbocycles. The fraction of sp³-hybridized carbons (Fsp3) is 0. The second kappa shape index (κ2) is 6.15. The Morgan fingerprint density at radius 2 is 1.95 bits per heavy atom. The number of rotatable bonds is 4. The van der Waals surface area contributed by atoms with Gasteiger partial charge < -0.3 is 0 Å². The van der Waals surface area contributed by atoms with E-state index in [4.69, 9.17) is 17.1 Å². The van der Waals surface area contributed by atoms with Crippen molar-refractivity contribution in [1.29, 1.82) is 0 Å². The molecule has 7 nitrogen and oxygen atoms in total. The largest absolute Gasteiger partial charge is 0.287 e. The van der Waals surface area contributed by atoms with Crippen LogP contribution in [0.25, 0.3) is 10.4 Å². The maximum atomic E-state index is 12.3. The van der Waals surface area contributed by atoms with Crippen molar-refractivity contribution >= 4 is 44.6 Å². The average molecular weight is 343 g/mol. The highest BCUT2D eigenvalue weighted by Crippen LogP contribution is 2.24. The molecule has 0 saturated carbocycles. The average Bonchev–Trinajstić information content (AvgIpc) is 2.92. The Balaban J connectivity index is 2.36. The number of thiophene rings is 1. The summed E-state index contributed by atoms with van der Waals surface area (Å²) in [6.45, 7) is 0. The molecule has 0 unspecified atom stereocenters. The molecule has 1 heterocycles. The number of amides is 1. The lowest BCUT2D eigenvalue weighted by atomic mass is 10.3. The van der Waals surface area contributed by atoms with Crippen LogP contribution in [0.15, 0.2) is 45.0 Å². The van der Waals surface area contributed by atoms with Crippen LogP contribution in [0.5, 0.6) is 0 Å². The molecule has 0 radical (unpaired) electrons. The van der Waals surface area contributed by atoms with Gasteiger partial charge in [0.15, 0.2) is 0 Å². The van der Waals surface area contributed by atoms with E-state index in [2.05, 4.69) is 14.7 Å². The van der Waals surface area contributed by atoms with E-state index in [1.54, 1.807) is 0 Å². The lowest BCUT2D eigenvalue weighted by Gasteiger charge is -2.07. The summed E-state index contributed by atoms with van der Waals surface area (Å²) in [7, 11) is -3.96. The second-order valence-corrected chi connectivity index (χ2v) is 6.59. The first kappa shape index (κ1) is 15.3. The van der Waals surface area contributed by atoms with Crippen molar-refractivity contribution < 1.29 is 13.2 Å². The molecule has 0 aliphatic rings. The number of anilines is 1. The van der Waals surface area contributed by atoms with Gasteiger partial charge in [0.1, 0.15) is 4.90 Å². The van der Waals surface area contributed by atoms with Gasteiger partial charge in [0.25, 0.3) is 15.9 Å². The minimum absolute atomic E-state index is 0.167. The summed E-state index contributed by atoms with van der Waals surface area (Å²) < 4.78 is 26.8. The van der Waals surface area contributed by atoms with Crippen LogP contribution in [-0.4, -0.2) is 14.3 Å². The molecule has 21 heavy (non-hydrogen) atoms. The third-order valence-corrected chi connectivity index (χ3v) is 4.94. The third kappa shape index (κ3) is 3.53. The molecule has 108 valence electrons. The highest BCUT2D eigenvalue weighted by atomic mass is 35.5. The summed E-state index contributed by atoms with van der Waals surface area (Å²) in [6, 6.07) is 6.03. The first-order valence-corrected chi connectivity index (χ1v) is 8.18. The van der Waals surface area contributed by atoms with Gasteiger partial charge in [-0.1, -0.05) is 11.6 Å². The van der Waals surface area contributed by atoms with Gasteiger partial charge in [-0.25, -0.2) is 8.42 Å². The Kier molecular flexibility index (Phi) is 4.49. The number of carbonyl (C=O) groups is 1. The molecule has 0 bridgehead atoms. The molecular formula is C11H7ClN4O3S2. The predicted molar refractivity (Wildman–Crippen MR) is 80.1 cm³/mol. The van der Waals surface area contributed by atoms with Crippen molar-refractivity contribution in [1.82, 2.24) is 0 Å². The molecule has 0 fully saturated rings. The van der Waals surface area contributed by atoms with Crippen molar-refractivity contribution in [3.05, 3.63) is 56.1 Å². The first-order chi connectivity index (χ1) is 9.94. The van der Waals surface area contributed by atoms with E-state index in [0.29, 0.717) is 10.7 Å². The molecule has 1 amide bonds. The Labute approximate surface area is 128 Å². The Morgan fingerprint density at radius 3 is 2.57 bits per heavy atom. The minimum Gasteiger partial charge on any atom is -0.287 e. The number of hydrogen-bond donors (Lipinski definition) is 1. The lowest BCUT2D eigenvalue weighted by Crippen LogP contribution is -2.14. The molecule has 1 N–H and O–H groups in total. The Hall–Kier alpha value is -2.06. The lowest BCUT2D eigenvalue weighted by molar-refractivity contribution is 0.0998. The minimum atomic E-state index is -3.96. The zero-order chi connectivity index (χ0) is 15.5. The Morgan fingerprint density at radius 1 is 1.29 bits per heavy atom. The number of nitrogens with zero attached hydrogens (tertiary/aromatic N) is 3. The number of halogens is 1. The van der Waals surface area contributed by atoms with Crippen molar-refractivity contribution in [3.63, 3.8) is 0 Å². The van der Waals surface area contributed by atoms with E-state index >= 15 is 0 Å². The molecule has 2 rings (SSSR count). The maximum Gasteiger partial charge on any atom is 0.263 e. The fourth-order valence-electron chi connectivity index (χ4n) is 1.47. The molecule has 0 atom stereocenters. The number of azide groups is 1. The van der Waals surface area contributed by atoms with E-state index in [1.165, 1.54) is 35.0 Å². The number of sulfonamides is 1. The van der Waals surface area contributed by atoms with Crippen LogP contribution in [0.3, 0.4) is 0 Å². The standard InChI is InChI=1S/C11H7ClN4O3S2/c12-7-1-3-8(4-2-7)15-21(18,19)10-6-20-5-9(10)11(17)14-16-13/h1-6,15H. The quantitative estimate of drug-likeness (QED) is 0.519. The summed E-state index contributed by atoms with van der Waals surface area (Å²) >= 11 is 6.73. The van der Waals surface area contributed by atoms with Crippen LogP contribution >= 0.6 is 22.9 Å². The summed E-state index contributed by atoms with van der Waals surface area (Å²) in [5.74, 6) is -0.949. The van der Waals surface area contributed by atoms with Gasteiger partial charge in [-0.05, 0) is 34.9 Å². The van der Waals surface area contributed by atoms with Gasteiger partial charge in [0.05, 0.1) is 5.56 Å². The third-order valence-electron chi connectivity index (χ3n) is 2.38. The van der Waals surface area contributed by atoms with Crippen LogP contribution in [0.1, 0.15) is 10.4 Å². The van der Waals surface area contributed by atoms with Crippen LogP contribution < -0.4 is 4.72 Å². The van der Waals surface area contributed by atoms with Crippen LogP contribution in [-0.2, 0) is 10.0 Å². The van der Waals surface area contributed by atoms with Crippen molar-refractivity contribution in [2.45, 2.75) is 4.90 Å². The summed E-state index contributed by atoms with van der Waals surface area (Å²) in [5, 5.41) is 5.97. The summed E-state index contributed by atoms with van der Waals surface area (Å²) in [6.07, 6.45) is 0. The van der Waals surface area contributed by atoms with Gasteiger partial charge in [0, 0.05) is 26.4 Å². The summed E-state index contributed by atoms with van der Waals surface area (Å²) in [5.41, 5.74) is 8.39. The molecule has 2 aromatic rings. The van der Waals surface area contributed by atoms with Crippen LogP contribution in [0, 0.1) is 0 Å². The molecule has 10 heteroatoms. The molecule has 1 aromatic carbocycles. The van der Waals surface area contributed by atoms with E-state index < -0.39 is 15.9 Å². The zero-order valence-electron chi connectivity index (χ0n) is 10.2. The van der Waals surface area contributed by atoms with E-state index in [9.17, 15) is 13.2 Å². The van der Waals surface area contributed by atoms with Gasteiger partial charge in [-0.15, -0.1) is 0 Å². The van der Waals surface area contributed by atoms with Crippen molar-refractivity contribution in [2.75, 3.05) is 4.72 Å². The molecule has 0 aliphatic heterocycles. The molecular weight excluding hydrogens is 336 g/mol. The zero-order valence-corrected chi connectivity index (χ0v) is 12.6. The maximum absolute atomic E-state index is 12.3. The number of hydrogen-bond acceptors (Lipinski definition) is 4. The van der Waals surface area contributed by atoms with Gasteiger partial charge in [0.2, 0.25) is 0 Å². The van der Waals surface area contributed by atoms with Crippen LogP contribution in [0.4, 0.5) is 5.69 Å². The SMILES string of the molecule is [N-]=[N+]=NC(=O)c1cscc1S(=O)(=O)Nc1ccc(Cl)cc1. The van der Waals surface area contributed by atoms with Gasteiger partial charge in [-0.3, -0.25) is 9.52 Å². The number of benzene rings is 1. The summed E-state index contributed by atoms with van der Waals surface area (Å²) in [4.78, 5) is 13.7. The molecule has 0 spiro atoms. The van der Waals surface area contributed by atoms with Crippen molar-refractivity contribution in [2.24, 2.45) is 5.11 Å². The van der Waals surface area contributed by atoms with E-state index in [-0.39, 0.29) is 10.5 Å². The highest BCUT2D eigenvalue weighted by Gasteiger charge is 2.23. The predicted octanol–water partition coefficient (Wildman–Crippen LogP) is 3.65. The number of nitrogens with one attached hydrogen (secondary N) is 1. The van der Waals surface area contributed by atoms with Gasteiger partial charge >= 0.3 is 0 Å². The number of carbonyl (C=O) groups excluding carboxylic acids is 1. The first-order valence-electron chi connectivity index (χ1n) is 5.38. The van der Waals surface area contributed by atoms with Gasteiger partial charge in [-0.2, -0.15) is 11.3 Å². The Bertz CT molecular complexity index is 823. The molecule has 0 saturated heterocycles. The van der Waals surface area contributed by atoms with Crippen molar-refractivity contribution in [3.8, 4) is 0 Å². The molecule has 1 aromatic heterocycles. The second-order valence-electron chi connectivity index (χ2n) is 3.76. The van der Waals surface area contributed by atoms with E-state index in [0.717, 1.165) is 11.3 Å². The monoisotopic (exact) mass is 342 g/mol. The normalized spacial score (nSPS) is 10.7. The fourth-order valence-corrected chi connectivity index (χ4v) is 4.02. The van der Waals surface area contributed by atoms with Crippen LogP contribution in [0.2, 0.25) is 5.02 Å². The smallest absolute Gasteiger partial charge is 0.263 e. The topological polar surface area (TPSA) is 112 Å².